The number of carboxylic acids is 1. The van der Waals surface area contributed by atoms with Crippen LogP contribution in [-0.4, -0.2) is 30.7 Å². The van der Waals surface area contributed by atoms with E-state index < -0.39 is 5.97 Å². The molecule has 2 heterocycles. The van der Waals surface area contributed by atoms with Crippen molar-refractivity contribution >= 4 is 11.7 Å². The summed E-state index contributed by atoms with van der Waals surface area (Å²) in [7, 11) is 0. The smallest absolute Gasteiger partial charge is 0.304 e. The van der Waals surface area contributed by atoms with E-state index in [1.807, 2.05) is 6.92 Å². The lowest BCUT2D eigenvalue weighted by molar-refractivity contribution is -0.137. The lowest BCUT2D eigenvalue weighted by Crippen LogP contribution is -2.02. The van der Waals surface area contributed by atoms with Gasteiger partial charge in [-0.25, -0.2) is 14.5 Å². The van der Waals surface area contributed by atoms with Crippen molar-refractivity contribution in [1.82, 2.24) is 19.6 Å². The van der Waals surface area contributed by atoms with Gasteiger partial charge in [-0.3, -0.25) is 4.79 Å². The molecule has 1 N–H and O–H groups in total. The predicted octanol–water partition coefficient (Wildman–Crippen LogP) is 0.702. The van der Waals surface area contributed by atoms with Crippen LogP contribution in [0.2, 0.25) is 0 Å². The second-order valence-electron chi connectivity index (χ2n) is 3.35. The van der Waals surface area contributed by atoms with E-state index in [1.165, 1.54) is 4.52 Å². The summed E-state index contributed by atoms with van der Waals surface area (Å²) in [6.45, 7) is 1.82. The van der Waals surface area contributed by atoms with Crippen molar-refractivity contribution in [2.24, 2.45) is 0 Å². The average molecular weight is 206 g/mol. The van der Waals surface area contributed by atoms with Crippen molar-refractivity contribution < 1.29 is 9.90 Å². The Bertz CT molecular complexity index is 461. The number of carboxylic acid groups (broad SMARTS) is 1. The molecule has 0 fully saturated rings. The van der Waals surface area contributed by atoms with Gasteiger partial charge in [-0.2, -0.15) is 5.10 Å². The Morgan fingerprint density at radius 2 is 2.40 bits per heavy atom. The fourth-order valence-corrected chi connectivity index (χ4v) is 1.36. The second-order valence-corrected chi connectivity index (χ2v) is 3.35. The second kappa shape index (κ2) is 3.64. The first-order valence-corrected chi connectivity index (χ1v) is 4.55. The van der Waals surface area contributed by atoms with Gasteiger partial charge in [-0.15, -0.1) is 0 Å². The molecule has 0 aliphatic rings. The lowest BCUT2D eigenvalue weighted by Gasteiger charge is -2.02. The van der Waals surface area contributed by atoms with Crippen molar-refractivity contribution in [1.29, 1.82) is 0 Å². The van der Waals surface area contributed by atoms with Crippen molar-refractivity contribution in [3.05, 3.63) is 24.3 Å². The average Bonchev–Trinajstić information content (AvgIpc) is 2.59. The van der Waals surface area contributed by atoms with Gasteiger partial charge in [0.1, 0.15) is 0 Å². The third kappa shape index (κ3) is 1.93. The molecule has 6 heteroatoms. The van der Waals surface area contributed by atoms with Crippen molar-refractivity contribution in [2.45, 2.75) is 19.3 Å². The molecule has 6 nitrogen and oxygen atoms in total. The van der Waals surface area contributed by atoms with Gasteiger partial charge in [0.05, 0.1) is 30.7 Å². The van der Waals surface area contributed by atoms with Crippen LogP contribution in [0, 0.1) is 0 Å². The van der Waals surface area contributed by atoms with E-state index in [-0.39, 0.29) is 12.3 Å². The number of aliphatic carboxylic acids is 1. The summed E-state index contributed by atoms with van der Waals surface area (Å²) in [5, 5.41) is 12.7. The molecule has 1 atom stereocenters. The number of aromatic nitrogens is 4. The maximum Gasteiger partial charge on any atom is 0.304 e. The third-order valence-corrected chi connectivity index (χ3v) is 2.12. The minimum absolute atomic E-state index is 0.0594. The van der Waals surface area contributed by atoms with Crippen LogP contribution in [0.15, 0.2) is 18.6 Å². The van der Waals surface area contributed by atoms with E-state index in [2.05, 4.69) is 15.1 Å². The van der Waals surface area contributed by atoms with Gasteiger partial charge in [0.15, 0.2) is 0 Å². The van der Waals surface area contributed by atoms with Gasteiger partial charge in [-0.05, 0) is 0 Å². The van der Waals surface area contributed by atoms with E-state index >= 15 is 0 Å². The Balaban J connectivity index is 2.32. The Hall–Kier alpha value is -1.98. The summed E-state index contributed by atoms with van der Waals surface area (Å²) in [6.07, 6.45) is 4.87. The van der Waals surface area contributed by atoms with Crippen LogP contribution in [0.5, 0.6) is 0 Å². The molecule has 0 aromatic carbocycles. The van der Waals surface area contributed by atoms with Crippen molar-refractivity contribution in [2.75, 3.05) is 0 Å². The van der Waals surface area contributed by atoms with Crippen LogP contribution < -0.4 is 0 Å². The topological polar surface area (TPSA) is 80.4 Å². The van der Waals surface area contributed by atoms with E-state index in [0.717, 1.165) is 0 Å². The van der Waals surface area contributed by atoms with Crippen LogP contribution in [0.4, 0.5) is 0 Å². The Kier molecular flexibility index (Phi) is 2.32. The highest BCUT2D eigenvalue weighted by atomic mass is 16.4. The van der Waals surface area contributed by atoms with Crippen LogP contribution in [0.3, 0.4) is 0 Å². The molecule has 2 rings (SSSR count). The first-order valence-electron chi connectivity index (χ1n) is 4.55. The van der Waals surface area contributed by atoms with Crippen molar-refractivity contribution in [3.63, 3.8) is 0 Å². The summed E-state index contributed by atoms with van der Waals surface area (Å²) in [4.78, 5) is 18.7. The van der Waals surface area contributed by atoms with Gasteiger partial charge < -0.3 is 5.11 Å². The summed E-state index contributed by atoms with van der Waals surface area (Å²) in [5.41, 5.74) is 0.698. The van der Waals surface area contributed by atoms with E-state index in [0.29, 0.717) is 11.5 Å². The molecule has 0 aliphatic heterocycles. The molecular weight excluding hydrogens is 196 g/mol. The summed E-state index contributed by atoms with van der Waals surface area (Å²) in [6, 6.07) is 0. The molecular formula is C9H10N4O2. The number of carbonyl (C=O) groups is 1. The number of fused-ring (bicyclic) bond motifs is 1. The predicted molar refractivity (Wildman–Crippen MR) is 51.4 cm³/mol. The van der Waals surface area contributed by atoms with Gasteiger partial charge in [0.2, 0.25) is 0 Å². The van der Waals surface area contributed by atoms with Gasteiger partial charge in [-0.1, -0.05) is 6.92 Å². The van der Waals surface area contributed by atoms with E-state index in [9.17, 15) is 4.79 Å². The number of imidazole rings is 1. The number of hydrogen-bond donors (Lipinski definition) is 1. The van der Waals surface area contributed by atoms with Crippen molar-refractivity contribution in [3.8, 4) is 0 Å². The van der Waals surface area contributed by atoms with Gasteiger partial charge >= 0.3 is 5.97 Å². The first-order chi connectivity index (χ1) is 7.16. The zero-order valence-electron chi connectivity index (χ0n) is 8.16. The quantitative estimate of drug-likeness (QED) is 0.799. The van der Waals surface area contributed by atoms with Gasteiger partial charge in [0.25, 0.3) is 5.78 Å². The molecule has 0 saturated carbocycles. The fourth-order valence-electron chi connectivity index (χ4n) is 1.36. The van der Waals surface area contributed by atoms with Crippen LogP contribution in [-0.2, 0) is 4.79 Å². The minimum Gasteiger partial charge on any atom is -0.481 e. The molecule has 0 bridgehead atoms. The standard InChI is InChI=1S/C9H10N4O2/c1-6(4-8(14)15)7-5-13-9(12-7)10-2-3-11-13/h2-3,5-6H,4H2,1H3,(H,14,15). The first kappa shape index (κ1) is 9.57. The molecule has 0 spiro atoms. The number of rotatable bonds is 3. The zero-order valence-corrected chi connectivity index (χ0v) is 8.16. The molecule has 15 heavy (non-hydrogen) atoms. The molecule has 1 unspecified atom stereocenters. The maximum absolute atomic E-state index is 10.5. The highest BCUT2D eigenvalue weighted by Crippen LogP contribution is 2.17. The monoisotopic (exact) mass is 206 g/mol. The SMILES string of the molecule is CC(CC(=O)O)c1cn2nccnc2n1. The molecule has 2 aromatic heterocycles. The molecule has 78 valence electrons. The van der Waals surface area contributed by atoms with Crippen LogP contribution in [0.1, 0.15) is 25.0 Å². The summed E-state index contributed by atoms with van der Waals surface area (Å²) in [5.74, 6) is -0.476. The molecule has 0 radical (unpaired) electrons. The minimum atomic E-state index is -0.833. The maximum atomic E-state index is 10.5. The molecule has 2 aromatic rings. The van der Waals surface area contributed by atoms with E-state index in [4.69, 9.17) is 5.11 Å². The number of hydrogen-bond acceptors (Lipinski definition) is 4. The zero-order chi connectivity index (χ0) is 10.8. The number of nitrogens with zero attached hydrogens (tertiary/aromatic N) is 4. The van der Waals surface area contributed by atoms with Gasteiger partial charge in [0, 0.05) is 5.92 Å². The Morgan fingerprint density at radius 1 is 1.60 bits per heavy atom. The Labute approximate surface area is 85.6 Å². The fraction of sp³-hybridized carbons (Fsp3) is 0.333. The molecule has 0 saturated heterocycles. The van der Waals surface area contributed by atoms with E-state index in [1.54, 1.807) is 18.6 Å². The summed E-state index contributed by atoms with van der Waals surface area (Å²) >= 11 is 0. The van der Waals surface area contributed by atoms with Crippen LogP contribution in [0.25, 0.3) is 5.78 Å². The third-order valence-electron chi connectivity index (χ3n) is 2.12. The summed E-state index contributed by atoms with van der Waals surface area (Å²) < 4.78 is 1.54. The normalized spacial score (nSPS) is 12.9. The molecule has 0 aliphatic carbocycles. The highest BCUT2D eigenvalue weighted by molar-refractivity contribution is 5.67. The highest BCUT2D eigenvalue weighted by Gasteiger charge is 2.14. The Morgan fingerprint density at radius 3 is 3.07 bits per heavy atom. The van der Waals surface area contributed by atoms with Crippen LogP contribution >= 0.6 is 0 Å². The molecule has 0 amide bonds. The largest absolute Gasteiger partial charge is 0.481 e. The lowest BCUT2D eigenvalue weighted by atomic mass is 10.1.